The lowest BCUT2D eigenvalue weighted by atomic mass is 10.0. The first-order valence-corrected chi connectivity index (χ1v) is 8.19. The quantitative estimate of drug-likeness (QED) is 0.781. The number of nitrogen functional groups attached to an aromatic ring is 1. The largest absolute Gasteiger partial charge is 0.384 e. The third-order valence-corrected chi connectivity index (χ3v) is 4.42. The molecule has 2 aromatic heterocycles. The molecule has 3 aromatic rings. The van der Waals surface area contributed by atoms with Gasteiger partial charge in [-0.3, -0.25) is 0 Å². The number of piperidine rings is 1. The summed E-state index contributed by atoms with van der Waals surface area (Å²) >= 11 is 0. The van der Waals surface area contributed by atoms with Crippen molar-refractivity contribution in [2.45, 2.75) is 19.3 Å². The van der Waals surface area contributed by atoms with E-state index in [1.807, 2.05) is 18.2 Å². The summed E-state index contributed by atoms with van der Waals surface area (Å²) in [5.41, 5.74) is 8.93. The molecule has 1 fully saturated rings. The predicted molar refractivity (Wildman–Crippen MR) is 95.5 cm³/mol. The number of fused-ring (bicyclic) bond motifs is 1. The molecule has 0 bridgehead atoms. The van der Waals surface area contributed by atoms with Crippen molar-refractivity contribution in [2.75, 3.05) is 23.7 Å². The van der Waals surface area contributed by atoms with Gasteiger partial charge in [-0.15, -0.1) is 0 Å². The third-order valence-electron chi connectivity index (χ3n) is 4.42. The van der Waals surface area contributed by atoms with E-state index in [0.717, 1.165) is 29.9 Å². The van der Waals surface area contributed by atoms with Gasteiger partial charge >= 0.3 is 0 Å². The Kier molecular flexibility index (Phi) is 3.58. The average Bonchev–Trinajstić information content (AvgIpc) is 2.62. The molecule has 0 atom stereocenters. The fourth-order valence-corrected chi connectivity index (χ4v) is 3.23. The Morgan fingerprint density at radius 1 is 0.870 bits per heavy atom. The molecule has 1 aromatic carbocycles. The van der Waals surface area contributed by atoms with E-state index in [0.29, 0.717) is 5.82 Å². The lowest BCUT2D eigenvalue weighted by molar-refractivity contribution is 0.574. The Morgan fingerprint density at radius 2 is 1.65 bits per heavy atom. The van der Waals surface area contributed by atoms with Crippen molar-refractivity contribution in [1.82, 2.24) is 9.97 Å². The maximum absolute atomic E-state index is 5.84. The van der Waals surface area contributed by atoms with Gasteiger partial charge in [-0.05, 0) is 43.0 Å². The smallest absolute Gasteiger partial charge is 0.163 e. The summed E-state index contributed by atoms with van der Waals surface area (Å²) in [6.45, 7) is 2.11. The second-order valence-electron chi connectivity index (χ2n) is 6.06. The number of benzene rings is 1. The normalized spacial score (nSPS) is 15.0. The van der Waals surface area contributed by atoms with Crippen molar-refractivity contribution < 1.29 is 0 Å². The van der Waals surface area contributed by atoms with E-state index in [1.54, 1.807) is 0 Å². The fourth-order valence-electron chi connectivity index (χ4n) is 3.23. The molecular formula is C19H20N4. The first-order valence-electron chi connectivity index (χ1n) is 8.19. The number of hydrogen-bond donors (Lipinski definition) is 1. The lowest BCUT2D eigenvalue weighted by Gasteiger charge is -2.29. The number of aromatic nitrogens is 2. The van der Waals surface area contributed by atoms with Gasteiger partial charge in [-0.2, -0.15) is 0 Å². The van der Waals surface area contributed by atoms with Gasteiger partial charge < -0.3 is 10.6 Å². The molecule has 0 aliphatic carbocycles. The zero-order chi connectivity index (χ0) is 15.6. The van der Waals surface area contributed by atoms with E-state index >= 15 is 0 Å². The highest BCUT2D eigenvalue weighted by atomic mass is 15.2. The molecular weight excluding hydrogens is 284 g/mol. The fraction of sp³-hybridized carbons (Fsp3) is 0.263. The molecule has 0 radical (unpaired) electrons. The lowest BCUT2D eigenvalue weighted by Crippen LogP contribution is -2.30. The van der Waals surface area contributed by atoms with Crippen molar-refractivity contribution in [1.29, 1.82) is 0 Å². The molecule has 4 nitrogen and oxygen atoms in total. The predicted octanol–water partition coefficient (Wildman–Crippen LogP) is 3.87. The van der Waals surface area contributed by atoms with Crippen LogP contribution in [0.15, 0.2) is 48.5 Å². The number of rotatable bonds is 2. The molecule has 1 aliphatic heterocycles. The summed E-state index contributed by atoms with van der Waals surface area (Å²) in [4.78, 5) is 11.7. The third kappa shape index (κ3) is 2.72. The molecule has 116 valence electrons. The van der Waals surface area contributed by atoms with Crippen molar-refractivity contribution in [3.8, 4) is 11.1 Å². The van der Waals surface area contributed by atoms with Gasteiger partial charge in [0.15, 0.2) is 5.65 Å². The van der Waals surface area contributed by atoms with Crippen molar-refractivity contribution in [3.05, 3.63) is 48.5 Å². The SMILES string of the molecule is Nc1ccc2cc(-c3ccccc3)c(N3CCCCC3)nc2n1. The van der Waals surface area contributed by atoms with E-state index in [1.165, 1.54) is 30.4 Å². The van der Waals surface area contributed by atoms with Crippen LogP contribution < -0.4 is 10.6 Å². The van der Waals surface area contributed by atoms with E-state index in [9.17, 15) is 0 Å². The monoisotopic (exact) mass is 304 g/mol. The Labute approximate surface area is 136 Å². The average molecular weight is 304 g/mol. The summed E-state index contributed by atoms with van der Waals surface area (Å²) in [6.07, 6.45) is 3.74. The minimum absolute atomic E-state index is 0.516. The highest BCUT2D eigenvalue weighted by Gasteiger charge is 2.18. The van der Waals surface area contributed by atoms with E-state index in [4.69, 9.17) is 10.7 Å². The van der Waals surface area contributed by atoms with Crippen molar-refractivity contribution >= 4 is 22.7 Å². The van der Waals surface area contributed by atoms with Crippen LogP contribution in [0.3, 0.4) is 0 Å². The number of nitrogens with zero attached hydrogens (tertiary/aromatic N) is 3. The zero-order valence-electron chi connectivity index (χ0n) is 13.1. The molecule has 2 N–H and O–H groups in total. The number of hydrogen-bond acceptors (Lipinski definition) is 4. The molecule has 3 heterocycles. The van der Waals surface area contributed by atoms with Gasteiger partial charge in [0.2, 0.25) is 0 Å². The van der Waals surface area contributed by atoms with E-state index < -0.39 is 0 Å². The van der Waals surface area contributed by atoms with Gasteiger partial charge in [0.25, 0.3) is 0 Å². The van der Waals surface area contributed by atoms with Crippen LogP contribution >= 0.6 is 0 Å². The maximum Gasteiger partial charge on any atom is 0.163 e. The molecule has 0 saturated carbocycles. The Morgan fingerprint density at radius 3 is 2.43 bits per heavy atom. The van der Waals surface area contributed by atoms with Crippen LogP contribution in [-0.4, -0.2) is 23.1 Å². The van der Waals surface area contributed by atoms with Crippen molar-refractivity contribution in [3.63, 3.8) is 0 Å². The first kappa shape index (κ1) is 14.0. The van der Waals surface area contributed by atoms with Crippen LogP contribution in [0, 0.1) is 0 Å². The van der Waals surface area contributed by atoms with E-state index in [2.05, 4.69) is 40.2 Å². The second kappa shape index (κ2) is 5.88. The molecule has 0 unspecified atom stereocenters. The van der Waals surface area contributed by atoms with Gasteiger partial charge in [-0.1, -0.05) is 30.3 Å². The molecule has 1 saturated heterocycles. The topological polar surface area (TPSA) is 55.0 Å². The molecule has 0 amide bonds. The van der Waals surface area contributed by atoms with Crippen molar-refractivity contribution in [2.24, 2.45) is 0 Å². The van der Waals surface area contributed by atoms with Crippen LogP contribution in [-0.2, 0) is 0 Å². The molecule has 4 heteroatoms. The number of pyridine rings is 2. The Hall–Kier alpha value is -2.62. The Bertz CT molecular complexity index is 823. The Balaban J connectivity index is 1.92. The van der Waals surface area contributed by atoms with Gasteiger partial charge in [0, 0.05) is 24.0 Å². The van der Waals surface area contributed by atoms with Crippen LogP contribution in [0.1, 0.15) is 19.3 Å². The summed E-state index contributed by atoms with van der Waals surface area (Å²) in [5.74, 6) is 1.54. The summed E-state index contributed by atoms with van der Waals surface area (Å²) in [5, 5.41) is 1.03. The highest BCUT2D eigenvalue weighted by Crippen LogP contribution is 2.33. The summed E-state index contributed by atoms with van der Waals surface area (Å²) in [6, 6.07) is 16.5. The van der Waals surface area contributed by atoms with Gasteiger partial charge in [0.1, 0.15) is 11.6 Å². The molecule has 4 rings (SSSR count). The summed E-state index contributed by atoms with van der Waals surface area (Å²) < 4.78 is 0. The number of anilines is 2. The minimum Gasteiger partial charge on any atom is -0.384 e. The van der Waals surface area contributed by atoms with Gasteiger partial charge in [-0.25, -0.2) is 9.97 Å². The first-order chi connectivity index (χ1) is 11.3. The molecule has 0 spiro atoms. The number of nitrogens with two attached hydrogens (primary N) is 1. The maximum atomic E-state index is 5.84. The van der Waals surface area contributed by atoms with Gasteiger partial charge in [0.05, 0.1) is 0 Å². The van der Waals surface area contributed by atoms with Crippen LogP contribution in [0.5, 0.6) is 0 Å². The highest BCUT2D eigenvalue weighted by molar-refractivity contribution is 5.88. The van der Waals surface area contributed by atoms with Crippen LogP contribution in [0.4, 0.5) is 11.6 Å². The van der Waals surface area contributed by atoms with Crippen LogP contribution in [0.2, 0.25) is 0 Å². The van der Waals surface area contributed by atoms with Crippen LogP contribution in [0.25, 0.3) is 22.2 Å². The summed E-state index contributed by atoms with van der Waals surface area (Å²) in [7, 11) is 0. The zero-order valence-corrected chi connectivity index (χ0v) is 13.1. The second-order valence-corrected chi connectivity index (χ2v) is 6.06. The molecule has 23 heavy (non-hydrogen) atoms. The van der Waals surface area contributed by atoms with E-state index in [-0.39, 0.29) is 0 Å². The standard InChI is InChI=1S/C19H20N4/c20-17-10-9-15-13-16(14-7-3-1-4-8-14)19(22-18(15)21-17)23-11-5-2-6-12-23/h1,3-4,7-10,13H,2,5-6,11-12H2,(H2,20,21,22). The molecule has 1 aliphatic rings. The minimum atomic E-state index is 0.516.